The smallest absolute Gasteiger partial charge is 0.141 e. The maximum atomic E-state index is 2.19. The van der Waals surface area contributed by atoms with Crippen molar-refractivity contribution in [3.8, 4) is 0 Å². The summed E-state index contributed by atoms with van der Waals surface area (Å²) in [4.78, 5) is 1.44. The fourth-order valence-electron chi connectivity index (χ4n) is 1.30. The quantitative estimate of drug-likeness (QED) is 0.512. The van der Waals surface area contributed by atoms with Crippen LogP contribution in [0.4, 0.5) is 0 Å². The van der Waals surface area contributed by atoms with E-state index in [0.717, 1.165) is 0 Å². The lowest BCUT2D eigenvalue weighted by Crippen LogP contribution is -2.01. The molecule has 2 heteroatoms. The van der Waals surface area contributed by atoms with Crippen molar-refractivity contribution >= 4 is 34.7 Å². The van der Waals surface area contributed by atoms with Gasteiger partial charge in [-0.2, -0.15) is 0 Å². The van der Waals surface area contributed by atoms with Crippen LogP contribution in [0.3, 0.4) is 0 Å². The van der Waals surface area contributed by atoms with E-state index in [9.17, 15) is 0 Å². The molecule has 11 heavy (non-hydrogen) atoms. The van der Waals surface area contributed by atoms with E-state index in [1.54, 1.807) is 0 Å². The van der Waals surface area contributed by atoms with Gasteiger partial charge in [0.25, 0.3) is 0 Å². The van der Waals surface area contributed by atoms with E-state index in [2.05, 4.69) is 39.0 Å². The Hall–Kier alpha value is -0.755. The zero-order chi connectivity index (χ0) is 7.84. The first kappa shape index (κ1) is 6.92. The van der Waals surface area contributed by atoms with E-state index in [1.165, 1.54) is 20.4 Å². The molecule has 0 atom stereocenters. The fraction of sp³-hybridized carbons (Fsp3) is 0.111. The van der Waals surface area contributed by atoms with Crippen molar-refractivity contribution in [2.45, 2.75) is 6.92 Å². The molecule has 0 saturated carbocycles. The van der Waals surface area contributed by atoms with Crippen LogP contribution in [0.2, 0.25) is 0 Å². The minimum atomic E-state index is 1.41. The second-order valence-electron chi connectivity index (χ2n) is 2.78. The van der Waals surface area contributed by atoms with Crippen LogP contribution in [0.15, 0.2) is 24.3 Å². The Kier molecular flexibility index (Phi) is 1.50. The number of hydrogen-bond acceptors (Lipinski definition) is 1. The Morgan fingerprint density at radius 2 is 2.00 bits per heavy atom. The summed E-state index contributed by atoms with van der Waals surface area (Å²) in [6.07, 6.45) is 0. The highest BCUT2D eigenvalue weighted by molar-refractivity contribution is 7.20. The van der Waals surface area contributed by atoms with Crippen molar-refractivity contribution in [2.24, 2.45) is 0 Å². The molecule has 0 nitrogen and oxygen atoms in total. The van der Waals surface area contributed by atoms with E-state index in [-0.39, 0.29) is 0 Å². The highest BCUT2D eigenvalue weighted by atomic mass is 32.1. The average molecular weight is 160 g/mol. The molecule has 0 saturated heterocycles. The largest absolute Gasteiger partial charge is 0.141 e. The molecule has 0 N–H and O–H groups in total. The molecule has 54 valence electrons. The molecule has 1 aromatic carbocycles. The molecular formula is C9H9BS. The second-order valence-corrected chi connectivity index (χ2v) is 4.04. The number of benzene rings is 1. The first-order valence-electron chi connectivity index (χ1n) is 3.74. The first-order valence-corrected chi connectivity index (χ1v) is 4.55. The summed E-state index contributed by atoms with van der Waals surface area (Å²) in [5, 5.41) is 1.41. The van der Waals surface area contributed by atoms with Gasteiger partial charge < -0.3 is 0 Å². The predicted molar refractivity (Wildman–Crippen MR) is 54.7 cm³/mol. The van der Waals surface area contributed by atoms with Crippen molar-refractivity contribution in [2.75, 3.05) is 0 Å². The minimum absolute atomic E-state index is 1.41. The lowest BCUT2D eigenvalue weighted by molar-refractivity contribution is 1.70. The van der Waals surface area contributed by atoms with Gasteiger partial charge in [0.05, 0.1) is 0 Å². The van der Waals surface area contributed by atoms with Crippen LogP contribution in [0, 0.1) is 6.92 Å². The summed E-state index contributed by atoms with van der Waals surface area (Å²) in [5.74, 6) is 0. The molecule has 0 aliphatic carbocycles. The van der Waals surface area contributed by atoms with Crippen molar-refractivity contribution in [1.29, 1.82) is 0 Å². The Labute approximate surface area is 71.3 Å². The molecule has 0 aliphatic rings. The monoisotopic (exact) mass is 160 g/mol. The third-order valence-corrected chi connectivity index (χ3v) is 3.27. The minimum Gasteiger partial charge on any atom is -0.141 e. The lowest BCUT2D eigenvalue weighted by Gasteiger charge is -1.88. The molecule has 0 unspecified atom stereocenters. The van der Waals surface area contributed by atoms with Gasteiger partial charge in [0.1, 0.15) is 7.85 Å². The number of rotatable bonds is 0. The third kappa shape index (κ3) is 0.981. The van der Waals surface area contributed by atoms with Gasteiger partial charge in [0.15, 0.2) is 0 Å². The Morgan fingerprint density at radius 1 is 1.27 bits per heavy atom. The lowest BCUT2D eigenvalue weighted by atomic mass is 9.93. The maximum absolute atomic E-state index is 2.19. The Morgan fingerprint density at radius 3 is 2.73 bits per heavy atom. The van der Waals surface area contributed by atoms with Crippen LogP contribution in [-0.4, -0.2) is 7.85 Å². The van der Waals surface area contributed by atoms with Gasteiger partial charge in [0.2, 0.25) is 0 Å². The van der Waals surface area contributed by atoms with Crippen LogP contribution in [-0.2, 0) is 0 Å². The van der Waals surface area contributed by atoms with Crippen molar-refractivity contribution in [3.05, 3.63) is 29.1 Å². The van der Waals surface area contributed by atoms with E-state index in [0.29, 0.717) is 0 Å². The number of fused-ring (bicyclic) bond motifs is 1. The van der Waals surface area contributed by atoms with Gasteiger partial charge in [-0.15, -0.1) is 11.3 Å². The summed E-state index contributed by atoms with van der Waals surface area (Å²) in [6.45, 7) is 2.18. The number of aryl methyl sites for hydroxylation is 1. The zero-order valence-electron chi connectivity index (χ0n) is 6.72. The maximum Gasteiger partial charge on any atom is 0.141 e. The van der Waals surface area contributed by atoms with Gasteiger partial charge in [0, 0.05) is 4.70 Å². The van der Waals surface area contributed by atoms with Gasteiger partial charge >= 0.3 is 0 Å². The molecule has 0 aliphatic heterocycles. The number of hydrogen-bond donors (Lipinski definition) is 0. The predicted octanol–water partition coefficient (Wildman–Crippen LogP) is 1.47. The van der Waals surface area contributed by atoms with Crippen molar-refractivity contribution in [1.82, 2.24) is 0 Å². The normalized spacial score (nSPS) is 10.6. The van der Waals surface area contributed by atoms with Gasteiger partial charge in [-0.25, -0.2) is 0 Å². The van der Waals surface area contributed by atoms with Gasteiger partial charge in [-0.3, -0.25) is 0 Å². The topological polar surface area (TPSA) is 0 Å². The average Bonchev–Trinajstić information content (AvgIpc) is 2.30. The fourth-order valence-corrected chi connectivity index (χ4v) is 2.37. The molecule has 0 radical (unpaired) electrons. The molecule has 2 aromatic rings. The Balaban J connectivity index is 2.92. The summed E-state index contributed by atoms with van der Waals surface area (Å²) in [7, 11) is 2.19. The van der Waals surface area contributed by atoms with E-state index in [4.69, 9.17) is 0 Å². The first-order chi connectivity index (χ1) is 5.29. The Bertz CT molecular complexity index is 389. The van der Waals surface area contributed by atoms with Crippen LogP contribution in [0.1, 0.15) is 4.88 Å². The summed E-state index contributed by atoms with van der Waals surface area (Å²) >= 11 is 1.88. The van der Waals surface area contributed by atoms with Crippen LogP contribution >= 0.6 is 11.3 Å². The molecular weight excluding hydrogens is 151 g/mol. The highest BCUT2D eigenvalue weighted by Gasteiger charge is 2.01. The zero-order valence-corrected chi connectivity index (χ0v) is 7.53. The van der Waals surface area contributed by atoms with Crippen LogP contribution in [0.5, 0.6) is 0 Å². The molecule has 0 spiro atoms. The van der Waals surface area contributed by atoms with Gasteiger partial charge in [-0.1, -0.05) is 23.7 Å². The standard InChI is InChI=1S/C9H9BS/c1-6-9(10)7-4-2-3-5-8(7)11-6/h2-5H,10H2,1H3. The molecule has 0 fully saturated rings. The van der Waals surface area contributed by atoms with Crippen LogP contribution < -0.4 is 5.46 Å². The van der Waals surface area contributed by atoms with Crippen molar-refractivity contribution < 1.29 is 0 Å². The molecule has 1 aromatic heterocycles. The molecule has 0 amide bonds. The second kappa shape index (κ2) is 2.38. The van der Waals surface area contributed by atoms with E-state index < -0.39 is 0 Å². The van der Waals surface area contributed by atoms with Crippen LogP contribution in [0.25, 0.3) is 10.1 Å². The summed E-state index contributed by atoms with van der Waals surface area (Å²) in [6, 6.07) is 8.56. The summed E-state index contributed by atoms with van der Waals surface area (Å²) in [5.41, 5.74) is 1.44. The SMILES string of the molecule is Bc1c(C)sc2ccccc12. The van der Waals surface area contributed by atoms with Gasteiger partial charge in [-0.05, 0) is 23.3 Å². The summed E-state index contributed by atoms with van der Waals surface area (Å²) < 4.78 is 1.41. The van der Waals surface area contributed by atoms with Crippen molar-refractivity contribution in [3.63, 3.8) is 0 Å². The highest BCUT2D eigenvalue weighted by Crippen LogP contribution is 2.21. The number of thiophene rings is 1. The molecule has 0 bridgehead atoms. The third-order valence-electron chi connectivity index (χ3n) is 2.08. The molecule has 1 heterocycles. The van der Waals surface area contributed by atoms with E-state index >= 15 is 0 Å². The van der Waals surface area contributed by atoms with E-state index in [1.807, 2.05) is 11.3 Å². The molecule has 2 rings (SSSR count).